The molecule has 0 amide bonds. The molecule has 1 aliphatic carbocycles. The minimum atomic E-state index is 0.161. The molecule has 0 saturated carbocycles. The molecule has 4 heteroatoms. The van der Waals surface area contributed by atoms with Crippen LogP contribution in [0.4, 0.5) is 0 Å². The van der Waals surface area contributed by atoms with Crippen LogP contribution in [0.1, 0.15) is 55.1 Å². The van der Waals surface area contributed by atoms with E-state index >= 15 is 0 Å². The SMILES string of the molecule is CCCN1CCC(NCC)(c2nc3c(s2)CCC3)CC1. The van der Waals surface area contributed by atoms with Crippen molar-refractivity contribution in [3.05, 3.63) is 15.6 Å². The van der Waals surface area contributed by atoms with Crippen LogP contribution in [0.3, 0.4) is 0 Å². The molecule has 3 rings (SSSR count). The summed E-state index contributed by atoms with van der Waals surface area (Å²) in [6.07, 6.45) is 7.47. The van der Waals surface area contributed by atoms with Gasteiger partial charge in [-0.15, -0.1) is 11.3 Å². The highest BCUT2D eigenvalue weighted by Gasteiger charge is 2.38. The Balaban J connectivity index is 1.78. The minimum absolute atomic E-state index is 0.161. The van der Waals surface area contributed by atoms with Gasteiger partial charge in [-0.3, -0.25) is 0 Å². The molecule has 2 aliphatic rings. The van der Waals surface area contributed by atoms with Crippen LogP contribution in [0.15, 0.2) is 0 Å². The molecule has 0 unspecified atom stereocenters. The summed E-state index contributed by atoms with van der Waals surface area (Å²) < 4.78 is 0. The zero-order valence-corrected chi connectivity index (χ0v) is 13.7. The van der Waals surface area contributed by atoms with Crippen molar-refractivity contribution in [2.24, 2.45) is 0 Å². The lowest BCUT2D eigenvalue weighted by atomic mass is 9.87. The summed E-state index contributed by atoms with van der Waals surface area (Å²) in [5.41, 5.74) is 1.56. The molecule has 1 aliphatic heterocycles. The van der Waals surface area contributed by atoms with Gasteiger partial charge in [0.15, 0.2) is 0 Å². The molecule has 3 nitrogen and oxygen atoms in total. The summed E-state index contributed by atoms with van der Waals surface area (Å²) in [5, 5.41) is 5.16. The number of hydrogen-bond acceptors (Lipinski definition) is 4. The van der Waals surface area contributed by atoms with Crippen molar-refractivity contribution in [1.29, 1.82) is 0 Å². The molecule has 0 spiro atoms. The van der Waals surface area contributed by atoms with Crippen molar-refractivity contribution in [3.63, 3.8) is 0 Å². The van der Waals surface area contributed by atoms with Crippen LogP contribution in [-0.4, -0.2) is 36.1 Å². The second kappa shape index (κ2) is 6.12. The summed E-state index contributed by atoms with van der Waals surface area (Å²) in [4.78, 5) is 9.18. The molecule has 112 valence electrons. The summed E-state index contributed by atoms with van der Waals surface area (Å²) in [6, 6.07) is 0. The Morgan fingerprint density at radius 3 is 2.70 bits per heavy atom. The third kappa shape index (κ3) is 2.66. The van der Waals surface area contributed by atoms with E-state index in [0.29, 0.717) is 0 Å². The highest BCUT2D eigenvalue weighted by molar-refractivity contribution is 7.12. The Morgan fingerprint density at radius 2 is 2.05 bits per heavy atom. The predicted octanol–water partition coefficient (Wildman–Crippen LogP) is 2.94. The van der Waals surface area contributed by atoms with Gasteiger partial charge in [0.05, 0.1) is 11.2 Å². The molecule has 1 N–H and O–H groups in total. The normalized spacial score (nSPS) is 22.1. The smallest absolute Gasteiger partial charge is 0.113 e. The van der Waals surface area contributed by atoms with Crippen LogP contribution in [0.5, 0.6) is 0 Å². The Morgan fingerprint density at radius 1 is 1.25 bits per heavy atom. The van der Waals surface area contributed by atoms with Crippen molar-refractivity contribution in [3.8, 4) is 0 Å². The van der Waals surface area contributed by atoms with Crippen LogP contribution in [-0.2, 0) is 18.4 Å². The number of rotatable bonds is 5. The van der Waals surface area contributed by atoms with Crippen molar-refractivity contribution in [2.45, 2.75) is 57.9 Å². The first-order chi connectivity index (χ1) is 9.77. The van der Waals surface area contributed by atoms with E-state index in [1.165, 1.54) is 68.9 Å². The van der Waals surface area contributed by atoms with Crippen LogP contribution in [0, 0.1) is 0 Å². The fraction of sp³-hybridized carbons (Fsp3) is 0.812. The number of hydrogen-bond donors (Lipinski definition) is 1. The number of thiazole rings is 1. The van der Waals surface area contributed by atoms with Gasteiger partial charge >= 0.3 is 0 Å². The standard InChI is InChI=1S/C16H27N3S/c1-3-10-19-11-8-16(9-12-19,17-4-2)15-18-13-6-5-7-14(13)20-15/h17H,3-12H2,1-2H3. The van der Waals surface area contributed by atoms with Crippen molar-refractivity contribution in [1.82, 2.24) is 15.2 Å². The zero-order valence-electron chi connectivity index (χ0n) is 12.9. The van der Waals surface area contributed by atoms with E-state index in [9.17, 15) is 0 Å². The summed E-state index contributed by atoms with van der Waals surface area (Å²) in [5.74, 6) is 0. The first-order valence-electron chi connectivity index (χ1n) is 8.24. The van der Waals surface area contributed by atoms with E-state index in [-0.39, 0.29) is 5.54 Å². The quantitative estimate of drug-likeness (QED) is 0.905. The average Bonchev–Trinajstić information content (AvgIpc) is 3.03. The summed E-state index contributed by atoms with van der Waals surface area (Å²) in [6.45, 7) is 9.21. The number of piperidine rings is 1. The number of nitrogens with zero attached hydrogens (tertiary/aromatic N) is 2. The maximum Gasteiger partial charge on any atom is 0.113 e. The number of aromatic nitrogens is 1. The van der Waals surface area contributed by atoms with Gasteiger partial charge in [0.2, 0.25) is 0 Å². The first kappa shape index (κ1) is 14.5. The summed E-state index contributed by atoms with van der Waals surface area (Å²) in [7, 11) is 0. The lowest BCUT2D eigenvalue weighted by Gasteiger charge is -2.41. The lowest BCUT2D eigenvalue weighted by molar-refractivity contribution is 0.135. The minimum Gasteiger partial charge on any atom is -0.306 e. The average molecular weight is 293 g/mol. The second-order valence-electron chi connectivity index (χ2n) is 6.20. The highest BCUT2D eigenvalue weighted by Crippen LogP contribution is 2.39. The van der Waals surface area contributed by atoms with Gasteiger partial charge in [-0.1, -0.05) is 13.8 Å². The fourth-order valence-electron chi connectivity index (χ4n) is 3.67. The van der Waals surface area contributed by atoms with Gasteiger partial charge in [0.1, 0.15) is 5.01 Å². The van der Waals surface area contributed by atoms with Crippen molar-refractivity contribution < 1.29 is 0 Å². The Kier molecular flexibility index (Phi) is 4.43. The second-order valence-corrected chi connectivity index (χ2v) is 7.28. The number of aryl methyl sites for hydroxylation is 2. The van der Waals surface area contributed by atoms with Crippen LogP contribution in [0.2, 0.25) is 0 Å². The van der Waals surface area contributed by atoms with Gasteiger partial charge in [-0.05, 0) is 51.6 Å². The largest absolute Gasteiger partial charge is 0.306 e. The van der Waals surface area contributed by atoms with E-state index in [0.717, 1.165) is 6.54 Å². The monoisotopic (exact) mass is 293 g/mol. The van der Waals surface area contributed by atoms with Crippen LogP contribution in [0.25, 0.3) is 0 Å². The molecule has 20 heavy (non-hydrogen) atoms. The molecular weight excluding hydrogens is 266 g/mol. The molecule has 1 fully saturated rings. The molecule has 1 aromatic rings. The molecular formula is C16H27N3S. The van der Waals surface area contributed by atoms with Crippen molar-refractivity contribution >= 4 is 11.3 Å². The van der Waals surface area contributed by atoms with Crippen molar-refractivity contribution in [2.75, 3.05) is 26.2 Å². The zero-order chi connectivity index (χ0) is 14.0. The highest BCUT2D eigenvalue weighted by atomic mass is 32.1. The molecule has 0 atom stereocenters. The van der Waals surface area contributed by atoms with E-state index < -0.39 is 0 Å². The first-order valence-corrected chi connectivity index (χ1v) is 9.05. The third-order valence-corrected chi connectivity index (χ3v) is 6.13. The van der Waals surface area contributed by atoms with Gasteiger partial charge < -0.3 is 10.2 Å². The molecule has 2 heterocycles. The van der Waals surface area contributed by atoms with E-state index in [4.69, 9.17) is 4.98 Å². The number of likely N-dealkylation sites (tertiary alicyclic amines) is 1. The number of nitrogens with one attached hydrogen (secondary N) is 1. The van der Waals surface area contributed by atoms with Gasteiger partial charge in [-0.25, -0.2) is 4.98 Å². The molecule has 0 radical (unpaired) electrons. The third-order valence-electron chi connectivity index (χ3n) is 4.77. The van der Waals surface area contributed by atoms with Gasteiger partial charge in [-0.2, -0.15) is 0 Å². The molecule has 0 bridgehead atoms. The molecule has 1 saturated heterocycles. The van der Waals surface area contributed by atoms with E-state index in [1.54, 1.807) is 4.88 Å². The van der Waals surface area contributed by atoms with Gasteiger partial charge in [0, 0.05) is 18.0 Å². The fourth-order valence-corrected chi connectivity index (χ4v) is 5.05. The molecule has 1 aromatic heterocycles. The van der Waals surface area contributed by atoms with E-state index in [1.807, 2.05) is 11.3 Å². The lowest BCUT2D eigenvalue weighted by Crippen LogP contribution is -2.51. The number of fused-ring (bicyclic) bond motifs is 1. The predicted molar refractivity (Wildman–Crippen MR) is 85.5 cm³/mol. The molecule has 0 aromatic carbocycles. The topological polar surface area (TPSA) is 28.2 Å². The maximum absolute atomic E-state index is 5.01. The Hall–Kier alpha value is -0.450. The van der Waals surface area contributed by atoms with Crippen LogP contribution >= 0.6 is 11.3 Å². The maximum atomic E-state index is 5.01. The summed E-state index contributed by atoms with van der Waals surface area (Å²) >= 11 is 1.99. The van der Waals surface area contributed by atoms with Crippen LogP contribution < -0.4 is 5.32 Å². The van der Waals surface area contributed by atoms with E-state index in [2.05, 4.69) is 24.1 Å². The Labute approximate surface area is 126 Å². The van der Waals surface area contributed by atoms with Gasteiger partial charge in [0.25, 0.3) is 0 Å². The Bertz CT molecular complexity index is 425.